The number of imidazole rings is 1. The van der Waals surface area contributed by atoms with Crippen molar-refractivity contribution in [2.45, 2.75) is 13.3 Å². The summed E-state index contributed by atoms with van der Waals surface area (Å²) in [5.74, 6) is 6.50. The average Bonchev–Trinajstić information content (AvgIpc) is 3.26. The Kier molecular flexibility index (Phi) is 3.59. The number of fused-ring (bicyclic) bond motifs is 5. The Hall–Kier alpha value is -3.36. The van der Waals surface area contributed by atoms with E-state index in [-0.39, 0.29) is 0 Å². The van der Waals surface area contributed by atoms with Crippen molar-refractivity contribution in [1.82, 2.24) is 24.5 Å². The summed E-state index contributed by atoms with van der Waals surface area (Å²) in [4.78, 5) is 4.57. The Balaban J connectivity index is 1.69. The highest BCUT2D eigenvalue weighted by Gasteiger charge is 2.22. The van der Waals surface area contributed by atoms with Crippen LogP contribution in [0.4, 0.5) is 0 Å². The second-order valence-electron chi connectivity index (χ2n) is 6.42. The third-order valence-electron chi connectivity index (χ3n) is 4.72. The third kappa shape index (κ3) is 2.62. The monoisotopic (exact) mass is 371 g/mol. The molecule has 0 amide bonds. The van der Waals surface area contributed by atoms with E-state index in [9.17, 15) is 0 Å². The average molecular weight is 372 g/mol. The Bertz CT molecular complexity index is 1240. The molecule has 1 aliphatic rings. The first kappa shape index (κ1) is 15.9. The molecule has 6 heteroatoms. The van der Waals surface area contributed by atoms with Crippen LogP contribution in [-0.4, -0.2) is 24.5 Å². The predicted molar refractivity (Wildman–Crippen MR) is 103 cm³/mol. The van der Waals surface area contributed by atoms with Crippen molar-refractivity contribution in [3.63, 3.8) is 0 Å². The summed E-state index contributed by atoms with van der Waals surface area (Å²) in [6.45, 7) is 2.06. The van der Waals surface area contributed by atoms with Crippen LogP contribution in [0, 0.1) is 18.8 Å². The lowest BCUT2D eigenvalue weighted by molar-refractivity contribution is 0.778. The number of aromatic nitrogens is 5. The normalized spacial score (nSPS) is 11.6. The molecule has 27 heavy (non-hydrogen) atoms. The second-order valence-corrected chi connectivity index (χ2v) is 6.86. The molecule has 4 aromatic rings. The molecule has 1 aliphatic heterocycles. The standard InChI is InChI=1S/C21H14ClN5/c1-14-4-2-3-5-15(14)6-8-18-20-11-17-12-24-25-27(17)21-10-16(22)7-9-19(21)26(20)13-23-18/h2-5,7,9-10,12-13H,11H2,1H3. The highest BCUT2D eigenvalue weighted by atomic mass is 35.5. The fraction of sp³-hybridized carbons (Fsp3) is 0.0952. The number of aryl methyl sites for hydroxylation is 1. The molecule has 0 saturated carbocycles. The van der Waals surface area contributed by atoms with Crippen molar-refractivity contribution in [2.75, 3.05) is 0 Å². The van der Waals surface area contributed by atoms with E-state index >= 15 is 0 Å². The van der Waals surface area contributed by atoms with E-state index in [1.165, 1.54) is 0 Å². The molecule has 0 fully saturated rings. The van der Waals surface area contributed by atoms with Gasteiger partial charge in [-0.2, -0.15) is 0 Å². The van der Waals surface area contributed by atoms with Crippen LogP contribution in [0.5, 0.6) is 0 Å². The zero-order valence-corrected chi connectivity index (χ0v) is 15.3. The molecular weight excluding hydrogens is 358 g/mol. The molecule has 3 heterocycles. The first-order chi connectivity index (χ1) is 13.2. The predicted octanol–water partition coefficient (Wildman–Crippen LogP) is 3.72. The summed E-state index contributed by atoms with van der Waals surface area (Å²) in [6.07, 6.45) is 4.22. The summed E-state index contributed by atoms with van der Waals surface area (Å²) in [7, 11) is 0. The zero-order chi connectivity index (χ0) is 18.4. The lowest BCUT2D eigenvalue weighted by Crippen LogP contribution is -2.03. The van der Waals surface area contributed by atoms with Gasteiger partial charge in [-0.05, 0) is 42.7 Å². The Morgan fingerprint density at radius 3 is 2.85 bits per heavy atom. The van der Waals surface area contributed by atoms with E-state index in [4.69, 9.17) is 11.6 Å². The van der Waals surface area contributed by atoms with Crippen LogP contribution in [0.1, 0.15) is 28.2 Å². The van der Waals surface area contributed by atoms with Crippen LogP contribution < -0.4 is 0 Å². The number of benzene rings is 2. The molecule has 0 saturated heterocycles. The minimum Gasteiger partial charge on any atom is -0.299 e. The van der Waals surface area contributed by atoms with Crippen molar-refractivity contribution in [1.29, 1.82) is 0 Å². The molecule has 130 valence electrons. The van der Waals surface area contributed by atoms with E-state index in [0.717, 1.165) is 39.6 Å². The smallest absolute Gasteiger partial charge is 0.135 e. The van der Waals surface area contributed by atoms with Crippen molar-refractivity contribution >= 4 is 11.6 Å². The zero-order valence-electron chi connectivity index (χ0n) is 14.5. The number of halogens is 1. The quantitative estimate of drug-likeness (QED) is 0.390. The summed E-state index contributed by atoms with van der Waals surface area (Å²) in [5.41, 5.74) is 6.73. The number of hydrogen-bond donors (Lipinski definition) is 0. The molecule has 0 bridgehead atoms. The topological polar surface area (TPSA) is 48.5 Å². The van der Waals surface area contributed by atoms with Crippen molar-refractivity contribution in [3.05, 3.63) is 88.2 Å². The van der Waals surface area contributed by atoms with Gasteiger partial charge in [0.1, 0.15) is 12.0 Å². The highest BCUT2D eigenvalue weighted by Crippen LogP contribution is 2.30. The molecule has 5 nitrogen and oxygen atoms in total. The molecule has 2 aromatic heterocycles. The fourth-order valence-electron chi connectivity index (χ4n) is 3.32. The molecule has 0 spiro atoms. The van der Waals surface area contributed by atoms with Gasteiger partial charge in [-0.15, -0.1) is 5.10 Å². The minimum absolute atomic E-state index is 0.636. The van der Waals surface area contributed by atoms with E-state index in [1.54, 1.807) is 6.20 Å². The first-order valence-electron chi connectivity index (χ1n) is 8.54. The maximum Gasteiger partial charge on any atom is 0.135 e. The summed E-state index contributed by atoms with van der Waals surface area (Å²) >= 11 is 6.22. The van der Waals surface area contributed by atoms with E-state index in [2.05, 4.69) is 44.7 Å². The molecule has 5 rings (SSSR count). The molecular formula is C21H14ClN5. The van der Waals surface area contributed by atoms with Crippen LogP contribution in [0.3, 0.4) is 0 Å². The van der Waals surface area contributed by atoms with E-state index < -0.39 is 0 Å². The molecule has 0 unspecified atom stereocenters. The number of hydrogen-bond acceptors (Lipinski definition) is 3. The van der Waals surface area contributed by atoms with Crippen molar-refractivity contribution in [2.24, 2.45) is 0 Å². The van der Waals surface area contributed by atoms with Crippen molar-refractivity contribution < 1.29 is 0 Å². The van der Waals surface area contributed by atoms with Gasteiger partial charge in [0.25, 0.3) is 0 Å². The molecule has 0 aliphatic carbocycles. The Morgan fingerprint density at radius 1 is 1.07 bits per heavy atom. The van der Waals surface area contributed by atoms with Crippen LogP contribution in [0.15, 0.2) is 55.0 Å². The van der Waals surface area contributed by atoms with E-state index in [1.807, 2.05) is 47.4 Å². The largest absolute Gasteiger partial charge is 0.299 e. The number of rotatable bonds is 0. The van der Waals surface area contributed by atoms with Gasteiger partial charge in [-0.1, -0.05) is 40.9 Å². The van der Waals surface area contributed by atoms with Gasteiger partial charge in [-0.3, -0.25) is 4.57 Å². The van der Waals surface area contributed by atoms with Gasteiger partial charge < -0.3 is 0 Å². The van der Waals surface area contributed by atoms with Crippen LogP contribution >= 0.6 is 11.6 Å². The Morgan fingerprint density at radius 2 is 1.96 bits per heavy atom. The maximum atomic E-state index is 6.22. The highest BCUT2D eigenvalue weighted by molar-refractivity contribution is 6.30. The van der Waals surface area contributed by atoms with Gasteiger partial charge >= 0.3 is 0 Å². The molecule has 0 atom stereocenters. The third-order valence-corrected chi connectivity index (χ3v) is 4.96. The lowest BCUT2D eigenvalue weighted by Gasteiger charge is -2.09. The molecule has 0 N–H and O–H groups in total. The molecule has 0 radical (unpaired) electrons. The number of nitrogens with zero attached hydrogens (tertiary/aromatic N) is 5. The Labute approximate surface area is 161 Å². The van der Waals surface area contributed by atoms with Gasteiger partial charge in [0, 0.05) is 17.0 Å². The van der Waals surface area contributed by atoms with Gasteiger partial charge in [0.2, 0.25) is 0 Å². The van der Waals surface area contributed by atoms with Gasteiger partial charge in [-0.25, -0.2) is 9.67 Å². The van der Waals surface area contributed by atoms with Crippen LogP contribution in [0.2, 0.25) is 5.02 Å². The lowest BCUT2D eigenvalue weighted by atomic mass is 10.1. The molecule has 2 aromatic carbocycles. The minimum atomic E-state index is 0.636. The summed E-state index contributed by atoms with van der Waals surface area (Å²) in [5, 5.41) is 8.96. The van der Waals surface area contributed by atoms with Crippen molar-refractivity contribution in [3.8, 4) is 23.2 Å². The van der Waals surface area contributed by atoms with Crippen LogP contribution in [-0.2, 0) is 6.42 Å². The first-order valence-corrected chi connectivity index (χ1v) is 8.92. The second kappa shape index (κ2) is 6.11. The summed E-state index contributed by atoms with van der Waals surface area (Å²) in [6, 6.07) is 13.8. The maximum absolute atomic E-state index is 6.22. The van der Waals surface area contributed by atoms with Gasteiger partial charge in [0.05, 0.1) is 29.0 Å². The van der Waals surface area contributed by atoms with Gasteiger partial charge in [0.15, 0.2) is 0 Å². The van der Waals surface area contributed by atoms with Crippen LogP contribution in [0.25, 0.3) is 11.4 Å². The van der Waals surface area contributed by atoms with E-state index in [0.29, 0.717) is 11.4 Å². The SMILES string of the molecule is Cc1ccccc1C#Cc1ncn2c1Cc1cnnn1-c1cc(Cl)ccc1-2. The summed E-state index contributed by atoms with van der Waals surface area (Å²) < 4.78 is 3.88. The fourth-order valence-corrected chi connectivity index (χ4v) is 3.48.